The predicted octanol–water partition coefficient (Wildman–Crippen LogP) is 7.53. The zero-order valence-corrected chi connectivity index (χ0v) is 22.3. The zero-order chi connectivity index (χ0) is 22.6. The van der Waals surface area contributed by atoms with Gasteiger partial charge in [-0.1, -0.05) is 111 Å². The largest absolute Gasteiger partial charge is 0.306 e. The van der Waals surface area contributed by atoms with Crippen LogP contribution in [0.5, 0.6) is 0 Å². The van der Waals surface area contributed by atoms with Gasteiger partial charge in [0, 0.05) is 10.9 Å². The summed E-state index contributed by atoms with van der Waals surface area (Å²) in [6.45, 7) is 0. The summed E-state index contributed by atoms with van der Waals surface area (Å²) in [4.78, 5) is 2.68. The van der Waals surface area contributed by atoms with Crippen LogP contribution in [0.4, 0.5) is 0 Å². The van der Waals surface area contributed by atoms with Gasteiger partial charge in [0.05, 0.1) is 4.32 Å². The summed E-state index contributed by atoms with van der Waals surface area (Å²) in [7, 11) is 4.45. The first-order valence-electron chi connectivity index (χ1n) is 11.7. The van der Waals surface area contributed by atoms with Gasteiger partial charge in [-0.25, -0.2) is 0 Å². The average Bonchev–Trinajstić information content (AvgIpc) is 2.95. The minimum atomic E-state index is -0.232. The van der Waals surface area contributed by atoms with Crippen LogP contribution in [0.15, 0.2) is 78.9 Å². The summed E-state index contributed by atoms with van der Waals surface area (Å²) in [5, 5.41) is 0. The number of rotatable bonds is 8. The lowest BCUT2D eigenvalue weighted by Gasteiger charge is -2.38. The topological polar surface area (TPSA) is 3.24 Å². The van der Waals surface area contributed by atoms with Crippen LogP contribution < -0.4 is 0 Å². The van der Waals surface area contributed by atoms with E-state index in [0.29, 0.717) is 6.04 Å². The van der Waals surface area contributed by atoms with E-state index in [1.165, 1.54) is 40.7 Å². The first-order valence-corrected chi connectivity index (χ1v) is 13.4. The highest BCUT2D eigenvalue weighted by Gasteiger charge is 2.43. The lowest BCUT2D eigenvalue weighted by Crippen LogP contribution is -2.38. The molecule has 0 aromatic heterocycles. The van der Waals surface area contributed by atoms with Crippen molar-refractivity contribution in [2.75, 3.05) is 14.1 Å². The second-order valence-corrected chi connectivity index (χ2v) is 11.6. The SMILES string of the molecule is CN(C)C(CCCc1ccccc1)CC(Br)C1(Br)c2ccccc2CCc2ccccc21. The third kappa shape index (κ3) is 5.05. The van der Waals surface area contributed by atoms with Crippen molar-refractivity contribution < 1.29 is 0 Å². The van der Waals surface area contributed by atoms with Gasteiger partial charge >= 0.3 is 0 Å². The van der Waals surface area contributed by atoms with E-state index in [9.17, 15) is 0 Å². The molecule has 0 fully saturated rings. The van der Waals surface area contributed by atoms with Gasteiger partial charge in [-0.2, -0.15) is 0 Å². The van der Waals surface area contributed by atoms with Gasteiger partial charge in [-0.05, 0) is 80.4 Å². The molecule has 0 radical (unpaired) electrons. The lowest BCUT2D eigenvalue weighted by atomic mass is 9.83. The molecular formula is C29H33Br2N. The lowest BCUT2D eigenvalue weighted by molar-refractivity contribution is 0.255. The van der Waals surface area contributed by atoms with Gasteiger partial charge in [0.1, 0.15) is 0 Å². The molecule has 0 saturated carbocycles. The highest BCUT2D eigenvalue weighted by molar-refractivity contribution is 9.12. The molecule has 3 aromatic rings. The van der Waals surface area contributed by atoms with E-state index in [-0.39, 0.29) is 9.15 Å². The highest BCUT2D eigenvalue weighted by Crippen LogP contribution is 2.50. The van der Waals surface area contributed by atoms with Crippen molar-refractivity contribution in [3.8, 4) is 0 Å². The van der Waals surface area contributed by atoms with Crippen LogP contribution in [-0.4, -0.2) is 29.9 Å². The van der Waals surface area contributed by atoms with E-state index in [4.69, 9.17) is 0 Å². The first kappa shape index (κ1) is 23.7. The van der Waals surface area contributed by atoms with Crippen molar-refractivity contribution in [2.24, 2.45) is 0 Å². The number of halogens is 2. The Balaban J connectivity index is 1.58. The Kier molecular flexibility index (Phi) is 7.91. The molecular weight excluding hydrogens is 522 g/mol. The average molecular weight is 555 g/mol. The third-order valence-corrected chi connectivity index (χ3v) is 10.1. The summed E-state index contributed by atoms with van der Waals surface area (Å²) in [6.07, 6.45) is 6.80. The van der Waals surface area contributed by atoms with E-state index >= 15 is 0 Å². The Labute approximate surface area is 210 Å². The fourth-order valence-corrected chi connectivity index (χ4v) is 7.00. The third-order valence-electron chi connectivity index (χ3n) is 6.97. The zero-order valence-electron chi connectivity index (χ0n) is 19.1. The van der Waals surface area contributed by atoms with Gasteiger partial charge in [0.15, 0.2) is 0 Å². The van der Waals surface area contributed by atoms with Crippen molar-refractivity contribution >= 4 is 31.9 Å². The summed E-state index contributed by atoms with van der Waals surface area (Å²) in [6, 6.07) is 29.4. The van der Waals surface area contributed by atoms with Gasteiger partial charge in [-0.15, -0.1) is 0 Å². The van der Waals surface area contributed by atoms with Crippen LogP contribution in [0.2, 0.25) is 0 Å². The summed E-state index contributed by atoms with van der Waals surface area (Å²) < 4.78 is -0.232. The number of benzene rings is 3. The molecule has 4 rings (SSSR count). The van der Waals surface area contributed by atoms with Crippen LogP contribution >= 0.6 is 31.9 Å². The quantitative estimate of drug-likeness (QED) is 0.260. The molecule has 1 aliphatic rings. The van der Waals surface area contributed by atoms with Crippen molar-refractivity contribution in [3.63, 3.8) is 0 Å². The Morgan fingerprint density at radius 1 is 0.812 bits per heavy atom. The highest BCUT2D eigenvalue weighted by atomic mass is 79.9. The summed E-state index contributed by atoms with van der Waals surface area (Å²) >= 11 is 8.53. The molecule has 0 heterocycles. The molecule has 32 heavy (non-hydrogen) atoms. The van der Waals surface area contributed by atoms with Gasteiger partial charge in [0.2, 0.25) is 0 Å². The number of fused-ring (bicyclic) bond motifs is 2. The molecule has 0 aliphatic heterocycles. The molecule has 3 heteroatoms. The van der Waals surface area contributed by atoms with Crippen LogP contribution in [-0.2, 0) is 23.6 Å². The van der Waals surface area contributed by atoms with E-state index in [2.05, 4.69) is 130 Å². The second kappa shape index (κ2) is 10.7. The minimum absolute atomic E-state index is 0.232. The molecule has 1 aliphatic carbocycles. The van der Waals surface area contributed by atoms with E-state index in [1.807, 2.05) is 0 Å². The minimum Gasteiger partial charge on any atom is -0.306 e. The standard InChI is InChI=1S/C29H33Br2N/c1-32(2)25(16-10-13-22-11-4-3-5-12-22)21-28(30)29(31)26-17-8-6-14-23(26)19-20-24-15-7-9-18-27(24)29/h3-9,11-12,14-15,17-18,25,28H,10,13,16,19-21H2,1-2H3. The normalized spacial score (nSPS) is 16.7. The smallest absolute Gasteiger partial charge is 0.0885 e. The molecule has 1 nitrogen and oxygen atoms in total. The number of hydrogen-bond acceptors (Lipinski definition) is 1. The molecule has 168 valence electrons. The molecule has 2 unspecified atom stereocenters. The van der Waals surface area contributed by atoms with Gasteiger partial charge in [-0.3, -0.25) is 0 Å². The summed E-state index contributed by atoms with van der Waals surface area (Å²) in [5.74, 6) is 0. The number of alkyl halides is 2. The molecule has 0 spiro atoms. The fraction of sp³-hybridized carbons (Fsp3) is 0.379. The van der Waals surface area contributed by atoms with Crippen molar-refractivity contribution in [1.29, 1.82) is 0 Å². The van der Waals surface area contributed by atoms with Crippen LogP contribution in [0.25, 0.3) is 0 Å². The fourth-order valence-electron chi connectivity index (χ4n) is 5.11. The summed E-state index contributed by atoms with van der Waals surface area (Å²) in [5.41, 5.74) is 7.16. The molecule has 3 aromatic carbocycles. The Morgan fingerprint density at radius 3 is 1.91 bits per heavy atom. The maximum absolute atomic E-state index is 4.33. The van der Waals surface area contributed by atoms with Crippen molar-refractivity contribution in [3.05, 3.63) is 107 Å². The molecule has 0 amide bonds. The predicted molar refractivity (Wildman–Crippen MR) is 144 cm³/mol. The van der Waals surface area contributed by atoms with Crippen LogP contribution in [0.1, 0.15) is 47.1 Å². The molecule has 0 saturated heterocycles. The van der Waals surface area contributed by atoms with Gasteiger partial charge < -0.3 is 4.90 Å². The molecule has 0 bridgehead atoms. The van der Waals surface area contributed by atoms with Crippen LogP contribution in [0.3, 0.4) is 0 Å². The molecule has 2 atom stereocenters. The first-order chi connectivity index (χ1) is 15.5. The number of hydrogen-bond donors (Lipinski definition) is 0. The number of nitrogens with zero attached hydrogens (tertiary/aromatic N) is 1. The van der Waals surface area contributed by atoms with Gasteiger partial charge in [0.25, 0.3) is 0 Å². The number of aryl methyl sites for hydroxylation is 3. The van der Waals surface area contributed by atoms with Crippen molar-refractivity contribution in [2.45, 2.75) is 53.7 Å². The van der Waals surface area contributed by atoms with E-state index in [0.717, 1.165) is 25.7 Å². The second-order valence-electron chi connectivity index (χ2n) is 9.22. The molecule has 0 N–H and O–H groups in total. The Bertz CT molecular complexity index is 967. The monoisotopic (exact) mass is 553 g/mol. The van der Waals surface area contributed by atoms with E-state index in [1.54, 1.807) is 0 Å². The van der Waals surface area contributed by atoms with Crippen molar-refractivity contribution in [1.82, 2.24) is 4.90 Å². The maximum Gasteiger partial charge on any atom is 0.0885 e. The Morgan fingerprint density at radius 2 is 1.34 bits per heavy atom. The van der Waals surface area contributed by atoms with E-state index < -0.39 is 0 Å². The Hall–Kier alpha value is -1.42. The maximum atomic E-state index is 4.33. The van der Waals surface area contributed by atoms with Crippen LogP contribution in [0, 0.1) is 0 Å².